The fourth-order valence-electron chi connectivity index (χ4n) is 2.12. The molecule has 3 atom stereocenters. The zero-order valence-corrected chi connectivity index (χ0v) is 15.1. The Morgan fingerprint density at radius 2 is 1.75 bits per heavy atom. The molecule has 0 saturated carbocycles. The Kier molecular flexibility index (Phi) is 10.6. The predicted octanol–water partition coefficient (Wildman–Crippen LogP) is -0.236. The van der Waals surface area contributed by atoms with E-state index in [9.17, 15) is 19.2 Å². The number of rotatable bonds is 11. The molecule has 3 N–H and O–H groups in total. The number of nitrogens with one attached hydrogen (secondary N) is 3. The van der Waals surface area contributed by atoms with E-state index in [0.717, 1.165) is 6.42 Å². The molecular formula is C16H29N3O5. The standard InChI is InChI=1S/C16H29N3O5/c1-6-8-11(17-4)14(21)15(22)18-9-12(20)19-13(10(3)7-2)16(23)24-5/h10-11,13,17H,6-9H2,1-5H3,(H,18,22)(H,19,20). The highest BCUT2D eigenvalue weighted by Crippen LogP contribution is 2.09. The van der Waals surface area contributed by atoms with Gasteiger partial charge in [-0.2, -0.15) is 0 Å². The van der Waals surface area contributed by atoms with Crippen LogP contribution in [0.2, 0.25) is 0 Å². The maximum Gasteiger partial charge on any atom is 0.328 e. The Bertz CT molecular complexity index is 453. The van der Waals surface area contributed by atoms with Gasteiger partial charge >= 0.3 is 5.97 Å². The molecule has 0 radical (unpaired) electrons. The van der Waals surface area contributed by atoms with Crippen molar-refractivity contribution in [3.63, 3.8) is 0 Å². The fraction of sp³-hybridized carbons (Fsp3) is 0.750. The summed E-state index contributed by atoms with van der Waals surface area (Å²) in [6.07, 6.45) is 1.96. The summed E-state index contributed by atoms with van der Waals surface area (Å²) in [5.41, 5.74) is 0. The molecule has 0 aromatic carbocycles. The number of methoxy groups -OCH3 is 1. The number of ether oxygens (including phenoxy) is 1. The van der Waals surface area contributed by atoms with Gasteiger partial charge < -0.3 is 20.7 Å². The van der Waals surface area contributed by atoms with E-state index < -0.39 is 35.7 Å². The van der Waals surface area contributed by atoms with E-state index in [4.69, 9.17) is 0 Å². The van der Waals surface area contributed by atoms with Crippen molar-refractivity contribution in [1.82, 2.24) is 16.0 Å². The topological polar surface area (TPSA) is 114 Å². The average Bonchev–Trinajstić information content (AvgIpc) is 2.59. The molecule has 0 saturated heterocycles. The number of amides is 2. The van der Waals surface area contributed by atoms with Gasteiger partial charge in [-0.25, -0.2) is 4.79 Å². The van der Waals surface area contributed by atoms with Crippen molar-refractivity contribution < 1.29 is 23.9 Å². The molecule has 0 spiro atoms. The first-order valence-electron chi connectivity index (χ1n) is 8.18. The molecule has 0 aliphatic carbocycles. The Morgan fingerprint density at radius 3 is 2.21 bits per heavy atom. The largest absolute Gasteiger partial charge is 0.467 e. The molecule has 0 bridgehead atoms. The lowest BCUT2D eigenvalue weighted by molar-refractivity contribution is -0.146. The van der Waals surface area contributed by atoms with Crippen molar-refractivity contribution in [2.45, 2.75) is 52.1 Å². The van der Waals surface area contributed by atoms with Gasteiger partial charge in [-0.05, 0) is 19.4 Å². The lowest BCUT2D eigenvalue weighted by Gasteiger charge is -2.22. The molecule has 2 amide bonds. The van der Waals surface area contributed by atoms with E-state index in [1.807, 2.05) is 20.8 Å². The number of carbonyl (C=O) groups excluding carboxylic acids is 4. The minimum absolute atomic E-state index is 0.114. The molecule has 0 aromatic heterocycles. The molecule has 0 aliphatic heterocycles. The van der Waals surface area contributed by atoms with Crippen LogP contribution in [0.25, 0.3) is 0 Å². The number of ketones is 1. The third-order valence-electron chi connectivity index (χ3n) is 3.86. The van der Waals surface area contributed by atoms with Crippen molar-refractivity contribution in [2.24, 2.45) is 5.92 Å². The number of hydrogen-bond acceptors (Lipinski definition) is 6. The third kappa shape index (κ3) is 7.08. The number of Topliss-reactive ketones (excluding diaryl/α,β-unsaturated/α-hetero) is 1. The lowest BCUT2D eigenvalue weighted by atomic mass is 9.99. The molecule has 3 unspecified atom stereocenters. The molecule has 8 nitrogen and oxygen atoms in total. The number of esters is 1. The van der Waals surface area contributed by atoms with E-state index in [1.165, 1.54) is 7.11 Å². The van der Waals surface area contributed by atoms with Crippen molar-refractivity contribution >= 4 is 23.6 Å². The summed E-state index contributed by atoms with van der Waals surface area (Å²) in [7, 11) is 2.85. The summed E-state index contributed by atoms with van der Waals surface area (Å²) in [6.45, 7) is 5.23. The SMILES string of the molecule is CCCC(NC)C(=O)C(=O)NCC(=O)NC(C(=O)OC)C(C)CC. The first-order chi connectivity index (χ1) is 11.3. The Balaban J connectivity index is 4.58. The molecule has 0 aliphatic rings. The smallest absolute Gasteiger partial charge is 0.328 e. The molecule has 0 fully saturated rings. The molecular weight excluding hydrogens is 314 g/mol. The van der Waals surface area contributed by atoms with E-state index in [1.54, 1.807) is 7.05 Å². The highest BCUT2D eigenvalue weighted by molar-refractivity contribution is 6.38. The Morgan fingerprint density at radius 1 is 1.12 bits per heavy atom. The zero-order valence-electron chi connectivity index (χ0n) is 15.1. The maximum atomic E-state index is 11.9. The van der Waals surface area contributed by atoms with Crippen LogP contribution in [0.3, 0.4) is 0 Å². The molecule has 0 heterocycles. The van der Waals surface area contributed by atoms with Gasteiger partial charge in [-0.1, -0.05) is 33.6 Å². The maximum absolute atomic E-state index is 11.9. The van der Waals surface area contributed by atoms with Gasteiger partial charge in [0.15, 0.2) is 0 Å². The normalized spacial score (nSPS) is 14.2. The van der Waals surface area contributed by atoms with E-state index in [-0.39, 0.29) is 12.5 Å². The van der Waals surface area contributed by atoms with Gasteiger partial charge in [0.1, 0.15) is 6.04 Å². The van der Waals surface area contributed by atoms with Gasteiger partial charge in [0, 0.05) is 0 Å². The van der Waals surface area contributed by atoms with Gasteiger partial charge in [0.2, 0.25) is 11.7 Å². The minimum Gasteiger partial charge on any atom is -0.467 e. The molecule has 0 aromatic rings. The first-order valence-corrected chi connectivity index (χ1v) is 8.18. The van der Waals surface area contributed by atoms with Crippen LogP contribution in [-0.2, 0) is 23.9 Å². The second kappa shape index (κ2) is 11.6. The van der Waals surface area contributed by atoms with E-state index in [0.29, 0.717) is 12.8 Å². The van der Waals surface area contributed by atoms with Crippen LogP contribution in [0, 0.1) is 5.92 Å². The van der Waals surface area contributed by atoms with Crippen LogP contribution < -0.4 is 16.0 Å². The highest BCUT2D eigenvalue weighted by atomic mass is 16.5. The second-order valence-electron chi connectivity index (χ2n) is 5.63. The van der Waals surface area contributed by atoms with Gasteiger partial charge in [0.25, 0.3) is 5.91 Å². The monoisotopic (exact) mass is 343 g/mol. The quantitative estimate of drug-likeness (QED) is 0.353. The van der Waals surface area contributed by atoms with E-state index >= 15 is 0 Å². The molecule has 8 heteroatoms. The van der Waals surface area contributed by atoms with E-state index in [2.05, 4.69) is 20.7 Å². The summed E-state index contributed by atoms with van der Waals surface area (Å²) in [4.78, 5) is 47.4. The van der Waals surface area contributed by atoms with Crippen molar-refractivity contribution in [2.75, 3.05) is 20.7 Å². The number of hydrogen-bond donors (Lipinski definition) is 3. The fourth-order valence-corrected chi connectivity index (χ4v) is 2.12. The van der Waals surface area contributed by atoms with Crippen LogP contribution in [0.1, 0.15) is 40.0 Å². The highest BCUT2D eigenvalue weighted by Gasteiger charge is 2.27. The van der Waals surface area contributed by atoms with Gasteiger partial charge in [-0.3, -0.25) is 14.4 Å². The lowest BCUT2D eigenvalue weighted by Crippen LogP contribution is -2.51. The predicted molar refractivity (Wildman–Crippen MR) is 89.2 cm³/mol. The van der Waals surface area contributed by atoms with Crippen molar-refractivity contribution in [3.8, 4) is 0 Å². The third-order valence-corrected chi connectivity index (χ3v) is 3.86. The number of carbonyl (C=O) groups is 4. The van der Waals surface area contributed by atoms with Crippen LogP contribution in [0.5, 0.6) is 0 Å². The zero-order chi connectivity index (χ0) is 18.7. The van der Waals surface area contributed by atoms with Crippen LogP contribution in [-0.4, -0.2) is 56.4 Å². The van der Waals surface area contributed by atoms with Crippen LogP contribution >= 0.6 is 0 Å². The summed E-state index contributed by atoms with van der Waals surface area (Å²) >= 11 is 0. The Labute approximate surface area is 143 Å². The minimum atomic E-state index is -0.823. The molecule has 138 valence electrons. The van der Waals surface area contributed by atoms with Crippen LogP contribution in [0.4, 0.5) is 0 Å². The molecule has 24 heavy (non-hydrogen) atoms. The number of likely N-dealkylation sites (N-methyl/N-ethyl adjacent to an activating group) is 1. The van der Waals surface area contributed by atoms with Crippen molar-refractivity contribution in [3.05, 3.63) is 0 Å². The Hall–Kier alpha value is -1.96. The summed E-state index contributed by atoms with van der Waals surface area (Å²) in [5.74, 6) is -2.65. The summed E-state index contributed by atoms with van der Waals surface area (Å²) in [5, 5.41) is 7.58. The average molecular weight is 343 g/mol. The summed E-state index contributed by atoms with van der Waals surface area (Å²) < 4.78 is 4.67. The van der Waals surface area contributed by atoms with Gasteiger partial charge in [-0.15, -0.1) is 0 Å². The van der Waals surface area contributed by atoms with Gasteiger partial charge in [0.05, 0.1) is 19.7 Å². The summed E-state index contributed by atoms with van der Waals surface area (Å²) in [6, 6.07) is -1.36. The first kappa shape index (κ1) is 22.0. The molecule has 0 rings (SSSR count). The van der Waals surface area contributed by atoms with Crippen LogP contribution in [0.15, 0.2) is 0 Å². The van der Waals surface area contributed by atoms with Crippen molar-refractivity contribution in [1.29, 1.82) is 0 Å². The second-order valence-corrected chi connectivity index (χ2v) is 5.63.